The zero-order chi connectivity index (χ0) is 30.8. The van der Waals surface area contributed by atoms with E-state index in [9.17, 15) is 0 Å². The third-order valence-corrected chi connectivity index (χ3v) is 24.1. The predicted molar refractivity (Wildman–Crippen MR) is 200 cm³/mol. The van der Waals surface area contributed by atoms with Crippen LogP contribution in [0.25, 0.3) is 18.6 Å². The SMILES string of the molecule is C[Si](C)(C)[N-][Si](C)(C)C.C[Si](C)(C)[N-][Si](C)(C)C.C[Si](C)(C)[N-][Si](C)(C)C.C[Si](C)(C)[N-][Si](C)(C)C.[Th+4]. The van der Waals surface area contributed by atoms with E-state index in [-0.39, 0.29) is 39.9 Å². The van der Waals surface area contributed by atoms with Crippen molar-refractivity contribution in [2.24, 2.45) is 0 Å². The number of hydrogen-bond donors (Lipinski definition) is 0. The maximum atomic E-state index is 4.82. The van der Waals surface area contributed by atoms with E-state index in [1.165, 1.54) is 0 Å². The van der Waals surface area contributed by atoms with Crippen LogP contribution < -0.4 is 0 Å². The first-order chi connectivity index (χ1) is 14.8. The summed E-state index contributed by atoms with van der Waals surface area (Å²) in [6.45, 7) is 55.1. The normalized spacial score (nSPS) is 13.6. The standard InChI is InChI=1S/4C6H18NSi2.Th/c4*1-8(2,3)7-9(4,5)6;/h4*1-6H3;/q4*-1;+4. The summed E-state index contributed by atoms with van der Waals surface area (Å²) in [6.07, 6.45) is 0. The summed E-state index contributed by atoms with van der Waals surface area (Å²) in [4.78, 5) is 0. The van der Waals surface area contributed by atoms with Crippen LogP contribution in [0.4, 0.5) is 0 Å². The van der Waals surface area contributed by atoms with Crippen LogP contribution in [0.3, 0.4) is 0 Å². The molecule has 224 valence electrons. The summed E-state index contributed by atoms with van der Waals surface area (Å²) in [5.74, 6) is 0. The largest absolute Gasteiger partial charge is 4.00 e. The van der Waals surface area contributed by atoms with E-state index >= 15 is 0 Å². The maximum Gasteiger partial charge on any atom is 4.00 e. The molecule has 0 aliphatic rings. The molecule has 0 radical (unpaired) electrons. The molecular weight excluding hydrogens is 801 g/mol. The summed E-state index contributed by atoms with van der Waals surface area (Å²) in [6, 6.07) is 0. The van der Waals surface area contributed by atoms with Crippen LogP contribution in [0.5, 0.6) is 0 Å². The fourth-order valence-electron chi connectivity index (χ4n) is 4.02. The van der Waals surface area contributed by atoms with E-state index < -0.39 is 65.9 Å². The van der Waals surface area contributed by atoms with Crippen LogP contribution in [0.1, 0.15) is 0 Å². The first-order valence-corrected chi connectivity index (χ1v) is 41.4. The monoisotopic (exact) mass is 872 g/mol. The fourth-order valence-corrected chi connectivity index (χ4v) is 36.2. The quantitative estimate of drug-likeness (QED) is 0.218. The van der Waals surface area contributed by atoms with Crippen molar-refractivity contribution in [2.75, 3.05) is 0 Å². The van der Waals surface area contributed by atoms with Gasteiger partial charge < -0.3 is 18.6 Å². The molecule has 0 bridgehead atoms. The Labute approximate surface area is 278 Å². The van der Waals surface area contributed by atoms with Crippen molar-refractivity contribution in [3.8, 4) is 0 Å². The van der Waals surface area contributed by atoms with Crippen LogP contribution in [0.2, 0.25) is 157 Å². The molecule has 0 aliphatic heterocycles. The second kappa shape index (κ2) is 18.5. The predicted octanol–water partition coefficient (Wildman–Crippen LogP) is 12.1. The molecule has 0 aromatic heterocycles. The maximum absolute atomic E-state index is 4.82. The van der Waals surface area contributed by atoms with Gasteiger partial charge in [0.25, 0.3) is 0 Å². The Bertz CT molecular complexity index is 415. The van der Waals surface area contributed by atoms with Crippen molar-refractivity contribution in [2.45, 2.75) is 157 Å². The van der Waals surface area contributed by atoms with Crippen LogP contribution in [-0.4, -0.2) is 65.9 Å². The molecule has 0 heterocycles. The van der Waals surface area contributed by atoms with Gasteiger partial charge in [-0.25, -0.2) is 0 Å². The molecule has 37 heavy (non-hydrogen) atoms. The molecule has 13 heteroatoms. The van der Waals surface area contributed by atoms with Crippen molar-refractivity contribution in [1.82, 2.24) is 0 Å². The van der Waals surface area contributed by atoms with Gasteiger partial charge in [-0.2, -0.15) is 0 Å². The van der Waals surface area contributed by atoms with Gasteiger partial charge in [0.05, 0.1) is 0 Å². The molecule has 0 N–H and O–H groups in total. The summed E-state index contributed by atoms with van der Waals surface area (Å²) in [7, 11) is -8.85. The molecule has 0 saturated carbocycles. The molecule has 0 unspecified atom stereocenters. The van der Waals surface area contributed by atoms with Gasteiger partial charge in [-0.3, -0.25) is 0 Å². The Morgan fingerprint density at radius 3 is 0.243 bits per heavy atom. The summed E-state index contributed by atoms with van der Waals surface area (Å²) < 4.78 is 19.3. The van der Waals surface area contributed by atoms with Crippen molar-refractivity contribution >= 4 is 65.9 Å². The van der Waals surface area contributed by atoms with Gasteiger partial charge in [0.2, 0.25) is 0 Å². The molecule has 0 fully saturated rings. The van der Waals surface area contributed by atoms with Gasteiger partial charge in [-0.15, -0.1) is 0 Å². The second-order valence-corrected chi connectivity index (χ2v) is 56.1. The van der Waals surface area contributed by atoms with E-state index in [4.69, 9.17) is 18.6 Å². The Hall–Kier alpha value is 2.90. The third kappa shape index (κ3) is 73.2. The first kappa shape index (κ1) is 49.6. The minimum Gasteiger partial charge on any atom is -0.668 e. The molecule has 0 aliphatic carbocycles. The van der Waals surface area contributed by atoms with Crippen LogP contribution in [-0.2, 0) is 0 Å². The van der Waals surface area contributed by atoms with E-state index in [0.29, 0.717) is 0 Å². The molecule has 0 aromatic carbocycles. The minimum absolute atomic E-state index is 0. The molecule has 0 amide bonds. The second-order valence-electron chi connectivity index (χ2n) is 17.8. The molecule has 0 spiro atoms. The summed E-state index contributed by atoms with van der Waals surface area (Å²) >= 11 is 0. The van der Waals surface area contributed by atoms with Gasteiger partial charge in [-0.05, 0) is 0 Å². The van der Waals surface area contributed by atoms with E-state index in [0.717, 1.165) is 0 Å². The van der Waals surface area contributed by atoms with Gasteiger partial charge in [0.15, 0.2) is 0 Å². The Balaban J connectivity index is -0.000000122. The molecule has 0 saturated heterocycles. The van der Waals surface area contributed by atoms with E-state index in [1.807, 2.05) is 0 Å². The number of hydrogen-bond acceptors (Lipinski definition) is 0. The fraction of sp³-hybridized carbons (Fsp3) is 1.00. The van der Waals surface area contributed by atoms with E-state index in [2.05, 4.69) is 157 Å². The average Bonchev–Trinajstić information content (AvgIpc) is 2.19. The van der Waals surface area contributed by atoms with Crippen LogP contribution in [0.15, 0.2) is 0 Å². The molecule has 0 rings (SSSR count). The van der Waals surface area contributed by atoms with Crippen molar-refractivity contribution in [3.05, 3.63) is 18.6 Å². The Kier molecular flexibility index (Phi) is 24.8. The molecule has 4 nitrogen and oxygen atoms in total. The molecule has 0 aromatic rings. The minimum atomic E-state index is -1.11. The Morgan fingerprint density at radius 1 is 0.189 bits per heavy atom. The third-order valence-electron chi connectivity index (χ3n) is 2.68. The summed E-state index contributed by atoms with van der Waals surface area (Å²) in [5, 5.41) is 0. The zero-order valence-electron chi connectivity index (χ0n) is 30.3. The van der Waals surface area contributed by atoms with Gasteiger partial charge in [-0.1, -0.05) is 223 Å². The van der Waals surface area contributed by atoms with Crippen molar-refractivity contribution in [1.29, 1.82) is 0 Å². The average molecular weight is 874 g/mol. The van der Waals surface area contributed by atoms with Crippen molar-refractivity contribution < 1.29 is 39.9 Å². The van der Waals surface area contributed by atoms with Crippen LogP contribution in [0, 0.1) is 39.9 Å². The van der Waals surface area contributed by atoms with E-state index in [1.54, 1.807) is 0 Å². The summed E-state index contributed by atoms with van der Waals surface area (Å²) in [5.41, 5.74) is 0. The van der Waals surface area contributed by atoms with Crippen molar-refractivity contribution in [3.63, 3.8) is 0 Å². The molecule has 0 atom stereocenters. The van der Waals surface area contributed by atoms with Gasteiger partial charge in [0, 0.05) is 0 Å². The van der Waals surface area contributed by atoms with Gasteiger partial charge >= 0.3 is 39.9 Å². The number of rotatable bonds is 8. The zero-order valence-corrected chi connectivity index (χ0v) is 42.4. The smallest absolute Gasteiger partial charge is 0.668 e. The topological polar surface area (TPSA) is 56.4 Å². The Morgan fingerprint density at radius 2 is 0.243 bits per heavy atom. The molecular formula is C24H72N4Si8Th. The van der Waals surface area contributed by atoms with Gasteiger partial charge in [0.1, 0.15) is 0 Å². The number of nitrogens with zero attached hydrogens (tertiary/aromatic N) is 4. The van der Waals surface area contributed by atoms with Crippen LogP contribution >= 0.6 is 0 Å². The first-order valence-electron chi connectivity index (χ1n) is 13.8.